The van der Waals surface area contributed by atoms with Crippen molar-refractivity contribution in [3.63, 3.8) is 0 Å². The van der Waals surface area contributed by atoms with Gasteiger partial charge in [0.15, 0.2) is 0 Å². The molecule has 0 unspecified atom stereocenters. The minimum atomic E-state index is 0.518. The van der Waals surface area contributed by atoms with Crippen LogP contribution in [0, 0.1) is 0 Å². The van der Waals surface area contributed by atoms with E-state index >= 15 is 0 Å². The lowest BCUT2D eigenvalue weighted by atomic mass is 10.2. The lowest BCUT2D eigenvalue weighted by Gasteiger charge is -2.05. The molecule has 28 heavy (non-hydrogen) atoms. The molecule has 0 aliphatic rings. The lowest BCUT2D eigenvalue weighted by Crippen LogP contribution is -2.00. The molecule has 0 amide bonds. The standard InChI is InChI=1S/C21H23ClN2O3S/c22-12-4-5-13-25-19-10-8-17(9-11-19)21-24-23-20(27-21)16-28-15-14-26-18-6-2-1-3-7-18/h1-3,6-11H,4-5,12-16H2. The number of benzene rings is 2. The van der Waals surface area contributed by atoms with Gasteiger partial charge in [0.25, 0.3) is 0 Å². The number of alkyl halides is 1. The van der Waals surface area contributed by atoms with Crippen molar-refractivity contribution in [1.29, 1.82) is 0 Å². The summed E-state index contributed by atoms with van der Waals surface area (Å²) < 4.78 is 17.1. The van der Waals surface area contributed by atoms with Crippen LogP contribution in [0.5, 0.6) is 11.5 Å². The molecule has 2 aromatic carbocycles. The summed E-state index contributed by atoms with van der Waals surface area (Å²) in [4.78, 5) is 0. The summed E-state index contributed by atoms with van der Waals surface area (Å²) in [5.41, 5.74) is 0.879. The number of nitrogens with zero attached hydrogens (tertiary/aromatic N) is 2. The summed E-state index contributed by atoms with van der Waals surface area (Å²) in [6.45, 7) is 1.31. The molecule has 0 aliphatic carbocycles. The summed E-state index contributed by atoms with van der Waals surface area (Å²) in [7, 11) is 0. The highest BCUT2D eigenvalue weighted by atomic mass is 35.5. The highest BCUT2D eigenvalue weighted by Gasteiger charge is 2.09. The Morgan fingerprint density at radius 1 is 0.857 bits per heavy atom. The molecule has 0 N–H and O–H groups in total. The van der Waals surface area contributed by atoms with Gasteiger partial charge in [-0.2, -0.15) is 0 Å². The van der Waals surface area contributed by atoms with Gasteiger partial charge in [0.2, 0.25) is 11.8 Å². The van der Waals surface area contributed by atoms with Gasteiger partial charge >= 0.3 is 0 Å². The highest BCUT2D eigenvalue weighted by molar-refractivity contribution is 7.98. The molecule has 0 spiro atoms. The Hall–Kier alpha value is -2.18. The molecular weight excluding hydrogens is 396 g/mol. The van der Waals surface area contributed by atoms with Crippen LogP contribution in [-0.2, 0) is 5.75 Å². The quantitative estimate of drug-likeness (QED) is 0.288. The maximum atomic E-state index is 5.75. The van der Waals surface area contributed by atoms with Gasteiger partial charge in [-0.3, -0.25) is 0 Å². The third-order valence-electron chi connectivity index (χ3n) is 3.83. The second kappa shape index (κ2) is 11.6. The van der Waals surface area contributed by atoms with Gasteiger partial charge < -0.3 is 13.9 Å². The van der Waals surface area contributed by atoms with Gasteiger partial charge in [-0.05, 0) is 49.2 Å². The highest BCUT2D eigenvalue weighted by Crippen LogP contribution is 2.23. The van der Waals surface area contributed by atoms with Crippen molar-refractivity contribution in [2.75, 3.05) is 24.8 Å². The minimum Gasteiger partial charge on any atom is -0.494 e. The number of aromatic nitrogens is 2. The SMILES string of the molecule is ClCCCCOc1ccc(-c2nnc(CSCCOc3ccccc3)o2)cc1. The zero-order valence-corrected chi connectivity index (χ0v) is 17.1. The Kier molecular flexibility index (Phi) is 8.53. The van der Waals surface area contributed by atoms with Crippen LogP contribution in [-0.4, -0.2) is 35.0 Å². The van der Waals surface area contributed by atoms with E-state index in [1.54, 1.807) is 11.8 Å². The number of halogens is 1. The van der Waals surface area contributed by atoms with E-state index in [0.717, 1.165) is 35.7 Å². The van der Waals surface area contributed by atoms with E-state index < -0.39 is 0 Å². The molecule has 1 heterocycles. The van der Waals surface area contributed by atoms with Crippen LogP contribution < -0.4 is 9.47 Å². The minimum absolute atomic E-state index is 0.518. The zero-order valence-electron chi connectivity index (χ0n) is 15.6. The number of hydrogen-bond donors (Lipinski definition) is 0. The molecule has 0 bridgehead atoms. The second-order valence-corrected chi connectivity index (χ2v) is 7.47. The van der Waals surface area contributed by atoms with Crippen LogP contribution in [0.1, 0.15) is 18.7 Å². The predicted octanol–water partition coefficient (Wildman–Crippen LogP) is 5.45. The van der Waals surface area contributed by atoms with E-state index in [2.05, 4.69) is 10.2 Å². The fourth-order valence-electron chi connectivity index (χ4n) is 2.40. The van der Waals surface area contributed by atoms with Crippen molar-refractivity contribution in [2.45, 2.75) is 18.6 Å². The van der Waals surface area contributed by atoms with E-state index in [9.17, 15) is 0 Å². The van der Waals surface area contributed by atoms with Crippen LogP contribution in [0.15, 0.2) is 59.0 Å². The van der Waals surface area contributed by atoms with Gasteiger partial charge in [0.1, 0.15) is 11.5 Å². The maximum Gasteiger partial charge on any atom is 0.247 e. The molecule has 3 aromatic rings. The second-order valence-electron chi connectivity index (χ2n) is 5.98. The van der Waals surface area contributed by atoms with Crippen LogP contribution in [0.2, 0.25) is 0 Å². The maximum absolute atomic E-state index is 5.75. The molecule has 7 heteroatoms. The molecule has 5 nitrogen and oxygen atoms in total. The fourth-order valence-corrected chi connectivity index (χ4v) is 3.23. The Balaban J connectivity index is 1.39. The Bertz CT molecular complexity index is 812. The third kappa shape index (κ3) is 6.77. The number of para-hydroxylation sites is 1. The van der Waals surface area contributed by atoms with E-state index in [1.165, 1.54) is 0 Å². The summed E-state index contributed by atoms with van der Waals surface area (Å²) in [6, 6.07) is 17.5. The first-order valence-corrected chi connectivity index (χ1v) is 10.9. The Morgan fingerprint density at radius 3 is 2.39 bits per heavy atom. The molecule has 0 atom stereocenters. The van der Waals surface area contributed by atoms with Crippen molar-refractivity contribution in [1.82, 2.24) is 10.2 Å². The van der Waals surface area contributed by atoms with Gasteiger partial charge in [0, 0.05) is 17.2 Å². The summed E-state index contributed by atoms with van der Waals surface area (Å²) in [5, 5.41) is 8.25. The van der Waals surface area contributed by atoms with Crippen molar-refractivity contribution in [3.8, 4) is 23.0 Å². The monoisotopic (exact) mass is 418 g/mol. The number of rotatable bonds is 12. The van der Waals surface area contributed by atoms with Gasteiger partial charge in [-0.1, -0.05) is 18.2 Å². The van der Waals surface area contributed by atoms with Gasteiger partial charge in [-0.25, -0.2) is 0 Å². The summed E-state index contributed by atoms with van der Waals surface area (Å²) in [6.07, 6.45) is 1.91. The Labute approximate surface area is 174 Å². The smallest absolute Gasteiger partial charge is 0.247 e. The molecule has 0 aliphatic heterocycles. The van der Waals surface area contributed by atoms with E-state index in [4.69, 9.17) is 25.5 Å². The third-order valence-corrected chi connectivity index (χ3v) is 5.00. The van der Waals surface area contributed by atoms with Gasteiger partial charge in [-0.15, -0.1) is 33.6 Å². The van der Waals surface area contributed by atoms with E-state index in [-0.39, 0.29) is 0 Å². The molecule has 0 fully saturated rings. The van der Waals surface area contributed by atoms with Crippen LogP contribution in [0.25, 0.3) is 11.5 Å². The fraction of sp³-hybridized carbons (Fsp3) is 0.333. The molecular formula is C21H23ClN2O3S. The lowest BCUT2D eigenvalue weighted by molar-refractivity contribution is 0.309. The normalized spacial score (nSPS) is 10.8. The van der Waals surface area contributed by atoms with Crippen molar-refractivity contribution >= 4 is 23.4 Å². The van der Waals surface area contributed by atoms with E-state index in [0.29, 0.717) is 36.6 Å². The first-order chi connectivity index (χ1) is 13.8. The number of thioether (sulfide) groups is 1. The van der Waals surface area contributed by atoms with Crippen LogP contribution in [0.4, 0.5) is 0 Å². The van der Waals surface area contributed by atoms with Crippen LogP contribution in [0.3, 0.4) is 0 Å². The summed E-state index contributed by atoms with van der Waals surface area (Å²) >= 11 is 7.36. The zero-order chi connectivity index (χ0) is 19.4. The molecule has 3 rings (SSSR count). The number of unbranched alkanes of at least 4 members (excludes halogenated alkanes) is 1. The molecule has 0 saturated heterocycles. The predicted molar refractivity (Wildman–Crippen MR) is 113 cm³/mol. The summed E-state index contributed by atoms with van der Waals surface area (Å²) in [5.74, 6) is 5.02. The largest absolute Gasteiger partial charge is 0.494 e. The average molecular weight is 419 g/mol. The van der Waals surface area contributed by atoms with Crippen molar-refractivity contribution < 1.29 is 13.9 Å². The average Bonchev–Trinajstić information content (AvgIpc) is 3.21. The first-order valence-electron chi connectivity index (χ1n) is 9.22. The van der Waals surface area contributed by atoms with Crippen LogP contribution >= 0.6 is 23.4 Å². The molecule has 0 radical (unpaired) electrons. The topological polar surface area (TPSA) is 57.4 Å². The molecule has 0 saturated carbocycles. The number of hydrogen-bond acceptors (Lipinski definition) is 6. The van der Waals surface area contributed by atoms with Crippen molar-refractivity contribution in [3.05, 3.63) is 60.5 Å². The first kappa shape index (κ1) is 20.6. The molecule has 148 valence electrons. The van der Waals surface area contributed by atoms with Crippen molar-refractivity contribution in [2.24, 2.45) is 0 Å². The van der Waals surface area contributed by atoms with Gasteiger partial charge in [0.05, 0.1) is 19.0 Å². The molecule has 1 aromatic heterocycles. The Morgan fingerprint density at radius 2 is 1.61 bits per heavy atom. The number of ether oxygens (including phenoxy) is 2. The van der Waals surface area contributed by atoms with E-state index in [1.807, 2.05) is 54.6 Å².